The lowest BCUT2D eigenvalue weighted by Crippen LogP contribution is -2.12. The highest BCUT2D eigenvalue weighted by Crippen LogP contribution is 2.36. The van der Waals surface area contributed by atoms with Gasteiger partial charge in [-0.25, -0.2) is 14.4 Å². The largest absolute Gasteiger partial charge is 0.485 e. The van der Waals surface area contributed by atoms with Crippen LogP contribution >= 0.6 is 0 Å². The number of rotatable bonds is 12. The fraction of sp³-hybridized carbons (Fsp3) is 0.167. The summed E-state index contributed by atoms with van der Waals surface area (Å²) in [4.78, 5) is 36.6. The molecule has 252 valence electrons. The number of hydrogen-bond donors (Lipinski definition) is 0. The summed E-state index contributed by atoms with van der Waals surface area (Å²) in [6.07, 6.45) is 0. The number of esters is 3. The van der Waals surface area contributed by atoms with Gasteiger partial charge in [0.05, 0.1) is 0 Å². The molecule has 0 heterocycles. The first-order valence-electron chi connectivity index (χ1n) is 15.7. The Morgan fingerprint density at radius 2 is 0.735 bits per heavy atom. The number of hydrogen-bond acceptors (Lipinski definition) is 7. The predicted octanol–water partition coefficient (Wildman–Crippen LogP) is 10.1. The summed E-state index contributed by atoms with van der Waals surface area (Å²) < 4.78 is 22.2. The molecule has 0 spiro atoms. The van der Waals surface area contributed by atoms with Gasteiger partial charge >= 0.3 is 17.9 Å². The summed E-state index contributed by atoms with van der Waals surface area (Å²) in [5, 5.41) is 0. The van der Waals surface area contributed by atoms with E-state index in [-0.39, 0.29) is 34.8 Å². The molecule has 0 saturated carbocycles. The monoisotopic (exact) mass is 658 g/mol. The first kappa shape index (κ1) is 37.5. The summed E-state index contributed by atoms with van der Waals surface area (Å²) in [7, 11) is 0. The molecule has 7 nitrogen and oxygen atoms in total. The second-order valence-corrected chi connectivity index (χ2v) is 11.2. The molecule has 0 aliphatic rings. The molecule has 0 N–H and O–H groups in total. The lowest BCUT2D eigenvalue weighted by atomic mass is 9.98. The average molecular weight is 659 g/mol. The van der Waals surface area contributed by atoms with Gasteiger partial charge in [-0.05, 0) is 90.9 Å². The normalized spacial score (nSPS) is 10.1. The zero-order chi connectivity index (χ0) is 36.2. The van der Waals surface area contributed by atoms with E-state index < -0.39 is 17.9 Å². The van der Waals surface area contributed by atoms with Crippen LogP contribution in [0.3, 0.4) is 0 Å². The minimum atomic E-state index is -0.633. The highest BCUT2D eigenvalue weighted by atomic mass is 16.6. The molecule has 4 aromatic rings. The first-order chi connectivity index (χ1) is 23.3. The van der Waals surface area contributed by atoms with E-state index in [9.17, 15) is 14.4 Å². The zero-order valence-electron chi connectivity index (χ0n) is 29.0. The zero-order valence-corrected chi connectivity index (χ0v) is 29.0. The summed E-state index contributed by atoms with van der Waals surface area (Å²) in [5.74, 6) is -0.849. The van der Waals surface area contributed by atoms with Gasteiger partial charge in [-0.15, -0.1) is 0 Å². The topological polar surface area (TPSA) is 88.1 Å². The Labute approximate surface area is 288 Å². The fourth-order valence-corrected chi connectivity index (χ4v) is 4.21. The second kappa shape index (κ2) is 17.3. The van der Waals surface area contributed by atoms with Crippen molar-refractivity contribution in [1.29, 1.82) is 0 Å². The quantitative estimate of drug-likeness (QED) is 0.0648. The molecular weight excluding hydrogens is 616 g/mol. The van der Waals surface area contributed by atoms with Gasteiger partial charge < -0.3 is 18.9 Å². The van der Waals surface area contributed by atoms with Crippen LogP contribution in [0, 0.1) is 0 Å². The Kier molecular flexibility index (Phi) is 13.2. The van der Waals surface area contributed by atoms with Gasteiger partial charge in [-0.2, -0.15) is 0 Å². The highest BCUT2D eigenvalue weighted by Gasteiger charge is 2.17. The van der Waals surface area contributed by atoms with Crippen molar-refractivity contribution in [3.05, 3.63) is 134 Å². The van der Waals surface area contributed by atoms with Crippen molar-refractivity contribution >= 4 is 17.9 Å². The van der Waals surface area contributed by atoms with Crippen LogP contribution in [-0.2, 0) is 14.4 Å². The van der Waals surface area contributed by atoms with Gasteiger partial charge in [0.2, 0.25) is 0 Å². The molecule has 7 heteroatoms. The van der Waals surface area contributed by atoms with Crippen LogP contribution in [0.5, 0.6) is 23.0 Å². The van der Waals surface area contributed by atoms with Gasteiger partial charge in [0.1, 0.15) is 6.61 Å². The maximum atomic E-state index is 12.3. The summed E-state index contributed by atoms with van der Waals surface area (Å²) in [5.41, 5.74) is 7.00. The van der Waals surface area contributed by atoms with Crippen LogP contribution in [0.4, 0.5) is 0 Å². The molecule has 0 aromatic heterocycles. The minimum absolute atomic E-state index is 0.0972. The van der Waals surface area contributed by atoms with Crippen molar-refractivity contribution in [3.8, 4) is 56.4 Å². The van der Waals surface area contributed by atoms with Crippen LogP contribution in [-0.4, -0.2) is 24.5 Å². The van der Waals surface area contributed by atoms with E-state index in [2.05, 4.69) is 26.3 Å². The third kappa shape index (κ3) is 10.3. The molecule has 0 radical (unpaired) electrons. The fourth-order valence-electron chi connectivity index (χ4n) is 4.21. The molecule has 0 amide bonds. The summed E-state index contributed by atoms with van der Waals surface area (Å²) in [6, 6.07) is 26.4. The van der Waals surface area contributed by atoms with Crippen molar-refractivity contribution in [2.24, 2.45) is 0 Å². The number of ether oxygens (including phenoxy) is 4. The Balaban J connectivity index is 0.00000319. The molecule has 0 aliphatic carbocycles. The van der Waals surface area contributed by atoms with Gasteiger partial charge in [-0.3, -0.25) is 0 Å². The Morgan fingerprint density at radius 1 is 0.449 bits per heavy atom. The van der Waals surface area contributed by atoms with Crippen molar-refractivity contribution in [1.82, 2.24) is 0 Å². The Hall–Kier alpha value is -5.95. The maximum absolute atomic E-state index is 12.3. The Morgan fingerprint density at radius 3 is 1.08 bits per heavy atom. The number of carbonyl (C=O) groups is 3. The molecule has 0 fully saturated rings. The van der Waals surface area contributed by atoms with Crippen LogP contribution in [0.25, 0.3) is 33.4 Å². The van der Waals surface area contributed by atoms with Crippen molar-refractivity contribution < 1.29 is 33.3 Å². The van der Waals surface area contributed by atoms with Crippen LogP contribution in [0.2, 0.25) is 0 Å². The van der Waals surface area contributed by atoms with E-state index in [1.807, 2.05) is 81.4 Å². The van der Waals surface area contributed by atoms with E-state index in [0.717, 1.165) is 39.0 Å². The van der Waals surface area contributed by atoms with E-state index >= 15 is 0 Å². The van der Waals surface area contributed by atoms with Gasteiger partial charge in [-0.1, -0.05) is 101 Å². The molecule has 49 heavy (non-hydrogen) atoms. The van der Waals surface area contributed by atoms with Crippen LogP contribution in [0.1, 0.15) is 41.5 Å². The third-order valence-corrected chi connectivity index (χ3v) is 6.78. The lowest BCUT2D eigenvalue weighted by Gasteiger charge is -2.14. The molecule has 0 atom stereocenters. The van der Waals surface area contributed by atoms with E-state index in [0.29, 0.717) is 11.5 Å². The molecule has 0 bridgehead atoms. The van der Waals surface area contributed by atoms with Crippen molar-refractivity contribution in [2.75, 3.05) is 6.61 Å². The van der Waals surface area contributed by atoms with Gasteiger partial charge in [0.15, 0.2) is 23.0 Å². The molecule has 0 unspecified atom stereocenters. The minimum Gasteiger partial charge on any atom is -0.485 e. The predicted molar refractivity (Wildman–Crippen MR) is 196 cm³/mol. The summed E-state index contributed by atoms with van der Waals surface area (Å²) >= 11 is 0. The lowest BCUT2D eigenvalue weighted by molar-refractivity contribution is -0.132. The van der Waals surface area contributed by atoms with E-state index in [4.69, 9.17) is 18.9 Å². The van der Waals surface area contributed by atoms with Crippen molar-refractivity contribution in [3.63, 3.8) is 0 Å². The third-order valence-electron chi connectivity index (χ3n) is 6.78. The average Bonchev–Trinajstić information content (AvgIpc) is 3.09. The van der Waals surface area contributed by atoms with Gasteiger partial charge in [0.25, 0.3) is 0 Å². The molecular formula is C42H42O7. The smallest absolute Gasteiger partial charge is 0.338 e. The van der Waals surface area contributed by atoms with E-state index in [1.54, 1.807) is 31.2 Å². The molecule has 0 aliphatic heterocycles. The molecule has 4 rings (SSSR count). The standard InChI is InChI=1S/C40H36O7.C2H6/c1-24(2)23-44-36-21-32(17-19-34(36)45-38(41)25(3)4)30-13-9-28(10-14-30)29-11-15-31(16-12-29)33-18-20-35(46-39(42)26(5)6)37(22-33)47-40(43)27(7)8;1-2/h9-22H,1,3,5,7,23H2,2,4,6,8H3;1-2H3. The molecule has 0 saturated heterocycles. The number of carbonyl (C=O) groups excluding carboxylic acids is 3. The van der Waals surface area contributed by atoms with Gasteiger partial charge in [0, 0.05) is 16.7 Å². The second-order valence-electron chi connectivity index (χ2n) is 11.2. The number of benzene rings is 4. The first-order valence-corrected chi connectivity index (χ1v) is 15.7. The Bertz CT molecular complexity index is 1890. The van der Waals surface area contributed by atoms with Crippen molar-refractivity contribution in [2.45, 2.75) is 41.5 Å². The van der Waals surface area contributed by atoms with Crippen LogP contribution < -0.4 is 18.9 Å². The molecule has 4 aromatic carbocycles. The highest BCUT2D eigenvalue weighted by molar-refractivity contribution is 5.92. The van der Waals surface area contributed by atoms with Crippen LogP contribution in [0.15, 0.2) is 134 Å². The summed E-state index contributed by atoms with van der Waals surface area (Å²) in [6.45, 7) is 25.5. The van der Waals surface area contributed by atoms with E-state index in [1.165, 1.54) is 13.8 Å². The SMILES string of the molecule is C=C(C)COc1cc(-c2ccc(-c3ccc(-c4ccc(OC(=O)C(=C)C)c(OC(=O)C(=C)C)c4)cc3)cc2)ccc1OC(=O)C(=C)C.CC. The maximum Gasteiger partial charge on any atom is 0.338 e.